The van der Waals surface area contributed by atoms with Gasteiger partial charge in [0.15, 0.2) is 5.69 Å². The number of aromatic nitrogens is 3. The van der Waals surface area contributed by atoms with Gasteiger partial charge in [-0.05, 0) is 24.6 Å². The van der Waals surface area contributed by atoms with Crippen molar-refractivity contribution >= 4 is 5.91 Å². The maximum Gasteiger partial charge on any atom is 0.276 e. The molecular weight excluding hydrogens is 337 g/mol. The predicted molar refractivity (Wildman–Crippen MR) is 92.3 cm³/mol. The van der Waals surface area contributed by atoms with Crippen molar-refractivity contribution < 1.29 is 13.9 Å². The molecule has 0 spiro atoms. The molecule has 2 fully saturated rings. The van der Waals surface area contributed by atoms with E-state index in [9.17, 15) is 9.18 Å². The summed E-state index contributed by atoms with van der Waals surface area (Å²) >= 11 is 0. The van der Waals surface area contributed by atoms with Crippen LogP contribution in [0.5, 0.6) is 0 Å². The zero-order chi connectivity index (χ0) is 18.1. The smallest absolute Gasteiger partial charge is 0.276 e. The lowest BCUT2D eigenvalue weighted by atomic mass is 10.1. The number of rotatable bonds is 3. The summed E-state index contributed by atoms with van der Waals surface area (Å²) in [6, 6.07) is 6.51. The summed E-state index contributed by atoms with van der Waals surface area (Å²) in [4.78, 5) is 17.1. The summed E-state index contributed by atoms with van der Waals surface area (Å²) < 4.78 is 20.3. The van der Waals surface area contributed by atoms with Gasteiger partial charge in [0.05, 0.1) is 31.5 Å². The van der Waals surface area contributed by atoms with Crippen LogP contribution in [0, 0.1) is 12.7 Å². The van der Waals surface area contributed by atoms with E-state index in [-0.39, 0.29) is 17.8 Å². The Labute approximate surface area is 151 Å². The van der Waals surface area contributed by atoms with E-state index in [1.165, 1.54) is 12.1 Å². The number of piperazine rings is 1. The summed E-state index contributed by atoms with van der Waals surface area (Å²) in [6.07, 6.45) is 0. The molecule has 1 aromatic carbocycles. The van der Waals surface area contributed by atoms with Crippen molar-refractivity contribution in [3.05, 3.63) is 47.0 Å². The molecule has 138 valence electrons. The number of benzene rings is 1. The maximum absolute atomic E-state index is 13.0. The Kier molecular flexibility index (Phi) is 4.69. The van der Waals surface area contributed by atoms with E-state index in [1.807, 2.05) is 11.8 Å². The number of ether oxygens (including phenoxy) is 1. The third kappa shape index (κ3) is 3.34. The maximum atomic E-state index is 13.0. The Balaban J connectivity index is 1.46. The minimum atomic E-state index is -0.272. The third-order valence-corrected chi connectivity index (χ3v) is 5.16. The number of fused-ring (bicyclic) bond motifs is 1. The highest BCUT2D eigenvalue weighted by atomic mass is 19.1. The molecule has 26 heavy (non-hydrogen) atoms. The number of hydrogen-bond donors (Lipinski definition) is 0. The largest absolute Gasteiger partial charge is 0.378 e. The Morgan fingerprint density at radius 1 is 1.27 bits per heavy atom. The van der Waals surface area contributed by atoms with Crippen LogP contribution in [0.15, 0.2) is 24.3 Å². The van der Waals surface area contributed by atoms with Crippen LogP contribution in [0.3, 0.4) is 0 Å². The van der Waals surface area contributed by atoms with Gasteiger partial charge in [-0.1, -0.05) is 17.3 Å². The summed E-state index contributed by atoms with van der Waals surface area (Å²) in [5.74, 6) is -0.358. The van der Waals surface area contributed by atoms with E-state index in [1.54, 1.807) is 16.8 Å². The van der Waals surface area contributed by atoms with Crippen molar-refractivity contribution in [2.45, 2.75) is 19.5 Å². The van der Waals surface area contributed by atoms with Crippen LogP contribution in [0.2, 0.25) is 0 Å². The lowest BCUT2D eigenvalue weighted by Gasteiger charge is -2.43. The van der Waals surface area contributed by atoms with Gasteiger partial charge in [0.1, 0.15) is 5.82 Å². The molecule has 0 aliphatic carbocycles. The highest BCUT2D eigenvalue weighted by Gasteiger charge is 2.33. The first-order valence-electron chi connectivity index (χ1n) is 8.87. The monoisotopic (exact) mass is 359 g/mol. The van der Waals surface area contributed by atoms with Gasteiger partial charge in [-0.2, -0.15) is 0 Å². The molecule has 3 heterocycles. The third-order valence-electron chi connectivity index (χ3n) is 5.16. The van der Waals surface area contributed by atoms with Crippen LogP contribution in [-0.4, -0.2) is 76.1 Å². The summed E-state index contributed by atoms with van der Waals surface area (Å²) in [7, 11) is 0. The Hall–Kier alpha value is -2.32. The molecule has 0 bridgehead atoms. The van der Waals surface area contributed by atoms with Crippen LogP contribution in [0.4, 0.5) is 4.39 Å². The molecule has 2 saturated heterocycles. The van der Waals surface area contributed by atoms with E-state index < -0.39 is 0 Å². The normalized spacial score (nSPS) is 20.8. The minimum absolute atomic E-state index is 0.0851. The number of carbonyl (C=O) groups excluding carboxylic acids is 1. The molecule has 2 aliphatic rings. The van der Waals surface area contributed by atoms with E-state index in [2.05, 4.69) is 15.2 Å². The molecule has 4 rings (SSSR count). The molecule has 1 unspecified atom stereocenters. The molecular formula is C18H22FN5O2. The Morgan fingerprint density at radius 3 is 2.88 bits per heavy atom. The van der Waals surface area contributed by atoms with Crippen LogP contribution < -0.4 is 0 Å². The highest BCUT2D eigenvalue weighted by molar-refractivity contribution is 5.93. The molecule has 1 atom stereocenters. The zero-order valence-electron chi connectivity index (χ0n) is 14.8. The van der Waals surface area contributed by atoms with Crippen molar-refractivity contribution in [1.82, 2.24) is 24.8 Å². The highest BCUT2D eigenvalue weighted by Crippen LogP contribution is 2.17. The van der Waals surface area contributed by atoms with Gasteiger partial charge in [-0.15, -0.1) is 5.10 Å². The van der Waals surface area contributed by atoms with Crippen LogP contribution >= 0.6 is 0 Å². The summed E-state index contributed by atoms with van der Waals surface area (Å²) in [5.41, 5.74) is 2.02. The minimum Gasteiger partial charge on any atom is -0.378 e. The molecule has 2 aliphatic heterocycles. The van der Waals surface area contributed by atoms with Crippen molar-refractivity contribution in [1.29, 1.82) is 0 Å². The second-order valence-electron chi connectivity index (χ2n) is 6.82. The van der Waals surface area contributed by atoms with Crippen molar-refractivity contribution in [2.24, 2.45) is 0 Å². The fourth-order valence-electron chi connectivity index (χ4n) is 3.55. The SMILES string of the molecule is Cc1c(C(=O)N2CCN3CCOCC3C2)nnn1Cc1ccc(F)cc1. The topological polar surface area (TPSA) is 63.5 Å². The first-order valence-corrected chi connectivity index (χ1v) is 8.87. The zero-order valence-corrected chi connectivity index (χ0v) is 14.8. The number of morpholine rings is 1. The molecule has 2 aromatic rings. The Bertz CT molecular complexity index is 791. The fraction of sp³-hybridized carbons (Fsp3) is 0.500. The second kappa shape index (κ2) is 7.13. The van der Waals surface area contributed by atoms with Gasteiger partial charge in [0, 0.05) is 26.2 Å². The van der Waals surface area contributed by atoms with E-state index in [4.69, 9.17) is 4.74 Å². The number of nitrogens with zero attached hydrogens (tertiary/aromatic N) is 5. The number of carbonyl (C=O) groups is 1. The lowest BCUT2D eigenvalue weighted by molar-refractivity contribution is -0.0396. The lowest BCUT2D eigenvalue weighted by Crippen LogP contribution is -2.59. The number of amides is 1. The molecule has 0 radical (unpaired) electrons. The first-order chi connectivity index (χ1) is 12.6. The average Bonchev–Trinajstić information content (AvgIpc) is 3.03. The second-order valence-corrected chi connectivity index (χ2v) is 6.82. The summed E-state index contributed by atoms with van der Waals surface area (Å²) in [5, 5.41) is 8.23. The molecule has 1 amide bonds. The molecule has 0 saturated carbocycles. The van der Waals surface area contributed by atoms with Crippen LogP contribution in [0.1, 0.15) is 21.7 Å². The van der Waals surface area contributed by atoms with E-state index in [0.29, 0.717) is 31.9 Å². The van der Waals surface area contributed by atoms with Gasteiger partial charge in [0.25, 0.3) is 5.91 Å². The standard InChI is InChI=1S/C18H22FN5O2/c1-13-17(20-21-24(13)10-14-2-4-15(19)5-3-14)18(25)23-7-6-22-8-9-26-12-16(22)11-23/h2-5,16H,6-12H2,1H3. The molecule has 1 aromatic heterocycles. The van der Waals surface area contributed by atoms with E-state index >= 15 is 0 Å². The van der Waals surface area contributed by atoms with Gasteiger partial charge in [-0.25, -0.2) is 9.07 Å². The van der Waals surface area contributed by atoms with E-state index in [0.717, 1.165) is 31.0 Å². The molecule has 0 N–H and O–H groups in total. The van der Waals surface area contributed by atoms with Gasteiger partial charge in [0.2, 0.25) is 0 Å². The van der Waals surface area contributed by atoms with Crippen LogP contribution in [0.25, 0.3) is 0 Å². The van der Waals surface area contributed by atoms with Gasteiger partial charge < -0.3 is 9.64 Å². The number of halogens is 1. The predicted octanol–water partition coefficient (Wildman–Crippen LogP) is 0.931. The fourth-order valence-corrected chi connectivity index (χ4v) is 3.55. The van der Waals surface area contributed by atoms with Crippen molar-refractivity contribution in [3.8, 4) is 0 Å². The van der Waals surface area contributed by atoms with Gasteiger partial charge >= 0.3 is 0 Å². The Morgan fingerprint density at radius 2 is 2.08 bits per heavy atom. The first kappa shape index (κ1) is 17.1. The average molecular weight is 359 g/mol. The van der Waals surface area contributed by atoms with Crippen molar-refractivity contribution in [3.63, 3.8) is 0 Å². The van der Waals surface area contributed by atoms with Crippen molar-refractivity contribution in [2.75, 3.05) is 39.4 Å². The van der Waals surface area contributed by atoms with Gasteiger partial charge in [-0.3, -0.25) is 9.69 Å². The summed E-state index contributed by atoms with van der Waals surface area (Å²) in [6.45, 7) is 6.87. The number of hydrogen-bond acceptors (Lipinski definition) is 5. The van der Waals surface area contributed by atoms with Crippen LogP contribution in [-0.2, 0) is 11.3 Å². The quantitative estimate of drug-likeness (QED) is 0.816. The molecule has 8 heteroatoms. The molecule has 7 nitrogen and oxygen atoms in total.